The van der Waals surface area contributed by atoms with E-state index in [4.69, 9.17) is 0 Å². The van der Waals surface area contributed by atoms with Gasteiger partial charge in [0.2, 0.25) is 0 Å². The van der Waals surface area contributed by atoms with Gasteiger partial charge in [-0.25, -0.2) is 0 Å². The van der Waals surface area contributed by atoms with E-state index in [0.29, 0.717) is 5.78 Å². The predicted molar refractivity (Wildman–Crippen MR) is 77.5 cm³/mol. The highest BCUT2D eigenvalue weighted by molar-refractivity contribution is 7.10. The van der Waals surface area contributed by atoms with Crippen molar-refractivity contribution in [1.82, 2.24) is 4.90 Å². The average molecular weight is 265 g/mol. The van der Waals surface area contributed by atoms with Crippen molar-refractivity contribution in [2.45, 2.75) is 52.0 Å². The van der Waals surface area contributed by atoms with Crippen LogP contribution >= 0.6 is 11.3 Å². The lowest BCUT2D eigenvalue weighted by molar-refractivity contribution is 0.0584. The SMILES string of the molecule is CCN(CC)C1(C(=O)c2ccsc2C)CCCC1. The Labute approximate surface area is 114 Å². The Hall–Kier alpha value is -0.670. The van der Waals surface area contributed by atoms with Gasteiger partial charge in [0.1, 0.15) is 0 Å². The first-order valence-corrected chi connectivity index (χ1v) is 7.87. The molecule has 1 aliphatic carbocycles. The lowest BCUT2D eigenvalue weighted by atomic mass is 9.85. The van der Waals surface area contributed by atoms with E-state index < -0.39 is 0 Å². The summed E-state index contributed by atoms with van der Waals surface area (Å²) in [7, 11) is 0. The summed E-state index contributed by atoms with van der Waals surface area (Å²) in [4.78, 5) is 16.5. The maximum Gasteiger partial charge on any atom is 0.184 e. The number of carbonyl (C=O) groups excluding carboxylic acids is 1. The molecule has 0 aromatic carbocycles. The van der Waals surface area contributed by atoms with Crippen LogP contribution in [0.3, 0.4) is 0 Å². The second-order valence-corrected chi connectivity index (χ2v) is 6.25. The minimum atomic E-state index is -0.213. The number of likely N-dealkylation sites (N-methyl/N-ethyl adjacent to an activating group) is 1. The Kier molecular flexibility index (Phi) is 4.23. The standard InChI is InChI=1S/C15H23NOS/c1-4-16(5-2)15(9-6-7-10-15)14(17)13-8-11-18-12(13)3/h8,11H,4-7,9-10H2,1-3H3. The molecule has 0 aliphatic heterocycles. The lowest BCUT2D eigenvalue weighted by Crippen LogP contribution is -2.52. The first kappa shape index (κ1) is 13.8. The van der Waals surface area contributed by atoms with Crippen LogP contribution < -0.4 is 0 Å². The molecular weight excluding hydrogens is 242 g/mol. The summed E-state index contributed by atoms with van der Waals surface area (Å²) < 4.78 is 0. The van der Waals surface area contributed by atoms with Gasteiger partial charge in [0.25, 0.3) is 0 Å². The number of Topliss-reactive ketones (excluding diaryl/α,β-unsaturated/α-hetero) is 1. The topological polar surface area (TPSA) is 20.3 Å². The molecule has 0 spiro atoms. The molecule has 18 heavy (non-hydrogen) atoms. The fourth-order valence-corrected chi connectivity index (χ4v) is 4.04. The predicted octanol–water partition coefficient (Wildman–Crippen LogP) is 3.89. The van der Waals surface area contributed by atoms with Crippen molar-refractivity contribution in [3.05, 3.63) is 21.9 Å². The number of aryl methyl sites for hydroxylation is 1. The van der Waals surface area contributed by atoms with E-state index in [1.165, 1.54) is 17.7 Å². The van der Waals surface area contributed by atoms with E-state index >= 15 is 0 Å². The fraction of sp³-hybridized carbons (Fsp3) is 0.667. The molecule has 3 heteroatoms. The largest absolute Gasteiger partial charge is 0.292 e. The lowest BCUT2D eigenvalue weighted by Gasteiger charge is -2.39. The summed E-state index contributed by atoms with van der Waals surface area (Å²) in [5, 5.41) is 2.04. The molecule has 0 unspecified atom stereocenters. The van der Waals surface area contributed by atoms with Crippen LogP contribution in [0.25, 0.3) is 0 Å². The molecular formula is C15H23NOS. The van der Waals surface area contributed by atoms with E-state index in [1.807, 2.05) is 11.4 Å². The molecule has 0 bridgehead atoms. The van der Waals surface area contributed by atoms with Crippen molar-refractivity contribution < 1.29 is 4.79 Å². The summed E-state index contributed by atoms with van der Waals surface area (Å²) in [6, 6.07) is 2.01. The van der Waals surface area contributed by atoms with E-state index in [9.17, 15) is 4.79 Å². The molecule has 1 heterocycles. The highest BCUT2D eigenvalue weighted by atomic mass is 32.1. The molecule has 100 valence electrons. The number of thiophene rings is 1. The van der Waals surface area contributed by atoms with Gasteiger partial charge >= 0.3 is 0 Å². The Morgan fingerprint density at radius 2 is 1.94 bits per heavy atom. The van der Waals surface area contributed by atoms with Gasteiger partial charge in [0, 0.05) is 10.4 Å². The summed E-state index contributed by atoms with van der Waals surface area (Å²) in [6.07, 6.45) is 4.43. The number of nitrogens with zero attached hydrogens (tertiary/aromatic N) is 1. The molecule has 0 N–H and O–H groups in total. The van der Waals surface area contributed by atoms with Crippen LogP contribution in [0.4, 0.5) is 0 Å². The normalized spacial score (nSPS) is 18.4. The highest BCUT2D eigenvalue weighted by Gasteiger charge is 2.45. The number of hydrogen-bond acceptors (Lipinski definition) is 3. The van der Waals surface area contributed by atoms with E-state index in [-0.39, 0.29) is 5.54 Å². The molecule has 2 rings (SSSR count). The molecule has 1 aromatic rings. The van der Waals surface area contributed by atoms with Crippen LogP contribution in [0, 0.1) is 6.92 Å². The van der Waals surface area contributed by atoms with Crippen molar-refractivity contribution in [3.63, 3.8) is 0 Å². The molecule has 1 saturated carbocycles. The van der Waals surface area contributed by atoms with Crippen LogP contribution in [0.1, 0.15) is 54.8 Å². The van der Waals surface area contributed by atoms with Gasteiger partial charge in [-0.05, 0) is 44.3 Å². The van der Waals surface area contributed by atoms with E-state index in [0.717, 1.165) is 31.5 Å². The van der Waals surface area contributed by atoms with Crippen LogP contribution in [-0.4, -0.2) is 29.3 Å². The summed E-state index contributed by atoms with van der Waals surface area (Å²) in [5.74, 6) is 0.363. The maximum absolute atomic E-state index is 13.0. The average Bonchev–Trinajstić information content (AvgIpc) is 3.00. The van der Waals surface area contributed by atoms with Crippen LogP contribution in [-0.2, 0) is 0 Å². The number of ketones is 1. The zero-order valence-corrected chi connectivity index (χ0v) is 12.5. The second-order valence-electron chi connectivity index (χ2n) is 5.13. The van der Waals surface area contributed by atoms with Crippen molar-refractivity contribution in [3.8, 4) is 0 Å². The van der Waals surface area contributed by atoms with Crippen molar-refractivity contribution in [1.29, 1.82) is 0 Å². The third kappa shape index (κ3) is 2.14. The van der Waals surface area contributed by atoms with Crippen molar-refractivity contribution in [2.75, 3.05) is 13.1 Å². The van der Waals surface area contributed by atoms with Crippen molar-refractivity contribution >= 4 is 17.1 Å². The monoisotopic (exact) mass is 265 g/mol. The number of carbonyl (C=O) groups is 1. The zero-order chi connectivity index (χ0) is 13.2. The maximum atomic E-state index is 13.0. The fourth-order valence-electron chi connectivity index (χ4n) is 3.35. The molecule has 0 saturated heterocycles. The van der Waals surface area contributed by atoms with Gasteiger partial charge in [-0.2, -0.15) is 0 Å². The first-order valence-electron chi connectivity index (χ1n) is 6.99. The number of hydrogen-bond donors (Lipinski definition) is 0. The van der Waals surface area contributed by atoms with Gasteiger partial charge < -0.3 is 0 Å². The Bertz CT molecular complexity index is 414. The zero-order valence-electron chi connectivity index (χ0n) is 11.7. The van der Waals surface area contributed by atoms with Gasteiger partial charge in [0.15, 0.2) is 5.78 Å². The Morgan fingerprint density at radius 1 is 1.33 bits per heavy atom. The molecule has 1 fully saturated rings. The van der Waals surface area contributed by atoms with E-state index in [2.05, 4.69) is 25.7 Å². The minimum absolute atomic E-state index is 0.213. The Balaban J connectivity index is 2.36. The number of rotatable bonds is 5. The van der Waals surface area contributed by atoms with Gasteiger partial charge in [-0.1, -0.05) is 26.7 Å². The highest BCUT2D eigenvalue weighted by Crippen LogP contribution is 2.39. The molecule has 0 amide bonds. The molecule has 0 radical (unpaired) electrons. The van der Waals surface area contributed by atoms with Gasteiger partial charge in [-0.15, -0.1) is 11.3 Å². The van der Waals surface area contributed by atoms with Gasteiger partial charge in [0.05, 0.1) is 5.54 Å². The summed E-state index contributed by atoms with van der Waals surface area (Å²) in [6.45, 7) is 8.31. The smallest absolute Gasteiger partial charge is 0.184 e. The first-order chi connectivity index (χ1) is 8.65. The second kappa shape index (κ2) is 5.54. The quantitative estimate of drug-likeness (QED) is 0.753. The Morgan fingerprint density at radius 3 is 2.39 bits per heavy atom. The minimum Gasteiger partial charge on any atom is -0.292 e. The van der Waals surface area contributed by atoms with Crippen LogP contribution in [0.2, 0.25) is 0 Å². The summed E-state index contributed by atoms with van der Waals surface area (Å²) >= 11 is 1.68. The van der Waals surface area contributed by atoms with Gasteiger partial charge in [-0.3, -0.25) is 9.69 Å². The molecule has 1 aliphatic rings. The summed E-state index contributed by atoms with van der Waals surface area (Å²) in [5.41, 5.74) is 0.740. The molecule has 2 nitrogen and oxygen atoms in total. The molecule has 0 atom stereocenters. The van der Waals surface area contributed by atoms with Crippen LogP contribution in [0.15, 0.2) is 11.4 Å². The third-order valence-corrected chi connectivity index (χ3v) is 5.17. The van der Waals surface area contributed by atoms with Crippen LogP contribution in [0.5, 0.6) is 0 Å². The molecule has 1 aromatic heterocycles. The van der Waals surface area contributed by atoms with E-state index in [1.54, 1.807) is 11.3 Å². The van der Waals surface area contributed by atoms with Crippen molar-refractivity contribution in [2.24, 2.45) is 0 Å². The third-order valence-electron chi connectivity index (χ3n) is 4.33.